The Morgan fingerprint density at radius 2 is 2.06 bits per heavy atom. The fraction of sp³-hybridized carbons (Fsp3) is 0.308. The molecule has 0 bridgehead atoms. The topological polar surface area (TPSA) is 43.8 Å². The van der Waals surface area contributed by atoms with Crippen molar-refractivity contribution >= 4 is 11.8 Å². The van der Waals surface area contributed by atoms with E-state index in [0.29, 0.717) is 6.54 Å². The number of aromatic nitrogens is 2. The SMILES string of the molecule is CCn1ccnc1CSc1ccc(CN)cc1. The summed E-state index contributed by atoms with van der Waals surface area (Å²) in [7, 11) is 0. The number of hydrogen-bond donors (Lipinski definition) is 1. The summed E-state index contributed by atoms with van der Waals surface area (Å²) in [4.78, 5) is 5.62. The van der Waals surface area contributed by atoms with E-state index in [0.717, 1.165) is 18.1 Å². The van der Waals surface area contributed by atoms with Crippen LogP contribution in [0.5, 0.6) is 0 Å². The first-order valence-corrected chi connectivity index (χ1v) is 6.74. The average molecular weight is 247 g/mol. The fourth-order valence-electron chi connectivity index (χ4n) is 1.64. The van der Waals surface area contributed by atoms with Gasteiger partial charge in [-0.25, -0.2) is 4.98 Å². The van der Waals surface area contributed by atoms with Gasteiger partial charge in [-0.3, -0.25) is 0 Å². The molecule has 1 aromatic carbocycles. The highest BCUT2D eigenvalue weighted by Gasteiger charge is 2.02. The molecule has 3 nitrogen and oxygen atoms in total. The van der Waals surface area contributed by atoms with Gasteiger partial charge in [0.25, 0.3) is 0 Å². The molecule has 0 aliphatic rings. The van der Waals surface area contributed by atoms with E-state index in [9.17, 15) is 0 Å². The van der Waals surface area contributed by atoms with E-state index >= 15 is 0 Å². The van der Waals surface area contributed by atoms with Crippen molar-refractivity contribution in [1.82, 2.24) is 9.55 Å². The Bertz CT molecular complexity index is 462. The van der Waals surface area contributed by atoms with Crippen LogP contribution >= 0.6 is 11.8 Å². The second-order valence-electron chi connectivity index (χ2n) is 3.77. The number of hydrogen-bond acceptors (Lipinski definition) is 3. The summed E-state index contributed by atoms with van der Waals surface area (Å²) in [5, 5.41) is 0. The van der Waals surface area contributed by atoms with Crippen LogP contribution in [0.3, 0.4) is 0 Å². The highest BCUT2D eigenvalue weighted by atomic mass is 32.2. The molecule has 17 heavy (non-hydrogen) atoms. The van der Waals surface area contributed by atoms with Crippen molar-refractivity contribution in [2.24, 2.45) is 5.73 Å². The molecule has 2 aromatic rings. The normalized spacial score (nSPS) is 10.7. The van der Waals surface area contributed by atoms with Gasteiger partial charge in [0, 0.05) is 30.4 Å². The zero-order chi connectivity index (χ0) is 12.1. The van der Waals surface area contributed by atoms with Gasteiger partial charge in [-0.1, -0.05) is 12.1 Å². The van der Waals surface area contributed by atoms with Crippen LogP contribution < -0.4 is 5.73 Å². The Hall–Kier alpha value is -1.26. The van der Waals surface area contributed by atoms with Gasteiger partial charge in [0.2, 0.25) is 0 Å². The van der Waals surface area contributed by atoms with Crippen molar-refractivity contribution in [3.63, 3.8) is 0 Å². The number of nitrogens with two attached hydrogens (primary N) is 1. The summed E-state index contributed by atoms with van der Waals surface area (Å²) in [6.45, 7) is 3.71. The Kier molecular flexibility index (Phi) is 4.23. The van der Waals surface area contributed by atoms with E-state index in [1.54, 1.807) is 11.8 Å². The van der Waals surface area contributed by atoms with Gasteiger partial charge in [0.1, 0.15) is 5.82 Å². The summed E-state index contributed by atoms with van der Waals surface area (Å²) in [5.74, 6) is 2.03. The van der Waals surface area contributed by atoms with Gasteiger partial charge >= 0.3 is 0 Å². The Morgan fingerprint density at radius 3 is 2.71 bits per heavy atom. The van der Waals surface area contributed by atoms with E-state index in [1.807, 2.05) is 12.4 Å². The molecule has 0 amide bonds. The molecule has 1 aromatic heterocycles. The maximum Gasteiger partial charge on any atom is 0.119 e. The minimum Gasteiger partial charge on any atom is -0.335 e. The smallest absolute Gasteiger partial charge is 0.119 e. The maximum absolute atomic E-state index is 5.57. The molecule has 2 rings (SSSR count). The predicted molar refractivity (Wildman–Crippen MR) is 71.8 cm³/mol. The predicted octanol–water partition coefficient (Wildman–Crippen LogP) is 2.65. The number of rotatable bonds is 5. The molecule has 0 fully saturated rings. The van der Waals surface area contributed by atoms with Crippen molar-refractivity contribution < 1.29 is 0 Å². The lowest BCUT2D eigenvalue weighted by molar-refractivity contribution is 0.726. The Morgan fingerprint density at radius 1 is 1.29 bits per heavy atom. The zero-order valence-electron chi connectivity index (χ0n) is 9.97. The van der Waals surface area contributed by atoms with Crippen LogP contribution in [-0.2, 0) is 18.8 Å². The van der Waals surface area contributed by atoms with Crippen molar-refractivity contribution in [3.05, 3.63) is 48.0 Å². The molecular formula is C13H17N3S. The second-order valence-corrected chi connectivity index (χ2v) is 4.81. The van der Waals surface area contributed by atoms with Crippen LogP contribution in [0.2, 0.25) is 0 Å². The molecule has 0 atom stereocenters. The Balaban J connectivity index is 1.97. The van der Waals surface area contributed by atoms with Gasteiger partial charge in [-0.2, -0.15) is 0 Å². The lowest BCUT2D eigenvalue weighted by atomic mass is 10.2. The molecule has 0 aliphatic carbocycles. The van der Waals surface area contributed by atoms with Gasteiger partial charge in [0.15, 0.2) is 0 Å². The molecule has 0 saturated heterocycles. The Labute approximate surface area is 106 Å². The molecule has 0 unspecified atom stereocenters. The zero-order valence-corrected chi connectivity index (χ0v) is 10.8. The molecule has 1 heterocycles. The molecule has 0 radical (unpaired) electrons. The van der Waals surface area contributed by atoms with Crippen LogP contribution in [0.15, 0.2) is 41.6 Å². The summed E-state index contributed by atoms with van der Waals surface area (Å²) < 4.78 is 2.17. The molecule has 90 valence electrons. The van der Waals surface area contributed by atoms with Crippen LogP contribution in [0, 0.1) is 0 Å². The van der Waals surface area contributed by atoms with Crippen molar-refractivity contribution in [1.29, 1.82) is 0 Å². The van der Waals surface area contributed by atoms with Crippen LogP contribution in [0.25, 0.3) is 0 Å². The number of nitrogens with zero attached hydrogens (tertiary/aromatic N) is 2. The highest BCUT2D eigenvalue weighted by molar-refractivity contribution is 7.98. The highest BCUT2D eigenvalue weighted by Crippen LogP contribution is 2.22. The standard InChI is InChI=1S/C13H17N3S/c1-2-16-8-7-15-13(16)10-17-12-5-3-11(9-14)4-6-12/h3-8H,2,9-10,14H2,1H3. The van der Waals surface area contributed by atoms with E-state index in [-0.39, 0.29) is 0 Å². The first kappa shape index (κ1) is 12.2. The summed E-state index contributed by atoms with van der Waals surface area (Å²) in [6, 6.07) is 8.39. The van der Waals surface area contributed by atoms with Gasteiger partial charge in [0.05, 0.1) is 5.75 Å². The van der Waals surface area contributed by atoms with E-state index in [2.05, 4.69) is 40.7 Å². The summed E-state index contributed by atoms with van der Waals surface area (Å²) >= 11 is 1.80. The van der Waals surface area contributed by atoms with E-state index in [1.165, 1.54) is 10.5 Å². The lowest BCUT2D eigenvalue weighted by Crippen LogP contribution is -1.99. The third-order valence-corrected chi connectivity index (χ3v) is 3.68. The second kappa shape index (κ2) is 5.89. The lowest BCUT2D eigenvalue weighted by Gasteiger charge is -2.05. The van der Waals surface area contributed by atoms with Gasteiger partial charge < -0.3 is 10.3 Å². The molecule has 4 heteroatoms. The van der Waals surface area contributed by atoms with Gasteiger partial charge in [-0.05, 0) is 24.6 Å². The van der Waals surface area contributed by atoms with E-state index < -0.39 is 0 Å². The number of benzene rings is 1. The molecule has 0 spiro atoms. The first-order chi connectivity index (χ1) is 8.33. The van der Waals surface area contributed by atoms with Crippen LogP contribution in [-0.4, -0.2) is 9.55 Å². The number of aryl methyl sites for hydroxylation is 1. The number of imidazole rings is 1. The molecular weight excluding hydrogens is 230 g/mol. The minimum absolute atomic E-state index is 0.602. The average Bonchev–Trinajstić information content (AvgIpc) is 2.84. The third kappa shape index (κ3) is 3.11. The number of thioether (sulfide) groups is 1. The van der Waals surface area contributed by atoms with Crippen LogP contribution in [0.1, 0.15) is 18.3 Å². The monoisotopic (exact) mass is 247 g/mol. The molecule has 2 N–H and O–H groups in total. The van der Waals surface area contributed by atoms with Crippen LogP contribution in [0.4, 0.5) is 0 Å². The summed E-state index contributed by atoms with van der Waals surface area (Å²) in [5.41, 5.74) is 6.74. The molecule has 0 aliphatic heterocycles. The molecule has 0 saturated carbocycles. The fourth-order valence-corrected chi connectivity index (χ4v) is 2.50. The van der Waals surface area contributed by atoms with Gasteiger partial charge in [-0.15, -0.1) is 11.8 Å². The quantitative estimate of drug-likeness (QED) is 0.826. The minimum atomic E-state index is 0.602. The van der Waals surface area contributed by atoms with E-state index in [4.69, 9.17) is 5.73 Å². The maximum atomic E-state index is 5.57. The largest absolute Gasteiger partial charge is 0.335 e. The first-order valence-electron chi connectivity index (χ1n) is 5.75. The third-order valence-electron chi connectivity index (χ3n) is 2.67. The van der Waals surface area contributed by atoms with Crippen molar-refractivity contribution in [3.8, 4) is 0 Å². The summed E-state index contributed by atoms with van der Waals surface area (Å²) in [6.07, 6.45) is 3.88. The van der Waals surface area contributed by atoms with Crippen molar-refractivity contribution in [2.75, 3.05) is 0 Å². The van der Waals surface area contributed by atoms with Crippen molar-refractivity contribution in [2.45, 2.75) is 30.7 Å².